The highest BCUT2D eigenvalue weighted by molar-refractivity contribution is 7.15. The molecule has 2 rings (SSSR count). The number of carboxylic acids is 1. The minimum absolute atomic E-state index is 0.408. The smallest absolute Gasteiger partial charge is 0.326 e. The Labute approximate surface area is 127 Å². The van der Waals surface area contributed by atoms with E-state index in [1.54, 1.807) is 0 Å². The van der Waals surface area contributed by atoms with Crippen molar-refractivity contribution in [3.8, 4) is 0 Å². The van der Waals surface area contributed by atoms with Crippen molar-refractivity contribution in [2.24, 2.45) is 5.92 Å². The number of aromatic nitrogens is 2. The van der Waals surface area contributed by atoms with Crippen LogP contribution in [0.2, 0.25) is 0 Å². The molecule has 1 saturated heterocycles. The Morgan fingerprint density at radius 1 is 1.43 bits per heavy atom. The number of nitrogens with zero attached hydrogens (tertiary/aromatic N) is 3. The number of likely N-dealkylation sites (tertiary alicyclic amines) is 1. The van der Waals surface area contributed by atoms with Crippen LogP contribution < -0.4 is 5.32 Å². The molecule has 1 fully saturated rings. The molecule has 0 radical (unpaired) electrons. The third kappa shape index (κ3) is 4.13. The van der Waals surface area contributed by atoms with E-state index in [0.717, 1.165) is 24.3 Å². The third-order valence-electron chi connectivity index (χ3n) is 3.31. The quantitative estimate of drug-likeness (QED) is 0.888. The van der Waals surface area contributed by atoms with Crippen molar-refractivity contribution in [2.75, 3.05) is 11.9 Å². The highest BCUT2D eigenvalue weighted by atomic mass is 32.1. The Balaban J connectivity index is 1.99. The summed E-state index contributed by atoms with van der Waals surface area (Å²) in [6.45, 7) is 4.64. The minimum Gasteiger partial charge on any atom is -0.480 e. The summed E-state index contributed by atoms with van der Waals surface area (Å²) in [6.07, 6.45) is 2.97. The standard InChI is InChI=1S/C13H20N4O3S/c1-8(2)7-10-15-16-12(21-10)14-13(20)17-6-4-3-5-9(17)11(18)19/h8-9H,3-7H2,1-2H3,(H,18,19)(H,14,16,20). The average Bonchev–Trinajstić information content (AvgIpc) is 2.85. The molecule has 0 aromatic carbocycles. The molecule has 21 heavy (non-hydrogen) atoms. The van der Waals surface area contributed by atoms with Crippen molar-refractivity contribution in [3.63, 3.8) is 0 Å². The lowest BCUT2D eigenvalue weighted by Gasteiger charge is -2.32. The molecule has 0 aliphatic carbocycles. The number of rotatable bonds is 4. The molecule has 2 amide bonds. The van der Waals surface area contributed by atoms with E-state index in [-0.39, 0.29) is 0 Å². The first-order chi connectivity index (χ1) is 9.97. The SMILES string of the molecule is CC(C)Cc1nnc(NC(=O)N2CCCCC2C(=O)O)s1. The zero-order chi connectivity index (χ0) is 15.4. The van der Waals surface area contributed by atoms with E-state index in [0.29, 0.717) is 24.0 Å². The number of carbonyl (C=O) groups excluding carboxylic acids is 1. The van der Waals surface area contributed by atoms with Gasteiger partial charge >= 0.3 is 12.0 Å². The Kier molecular flexibility index (Phi) is 5.11. The predicted molar refractivity (Wildman–Crippen MR) is 79.5 cm³/mol. The van der Waals surface area contributed by atoms with Gasteiger partial charge in [0, 0.05) is 13.0 Å². The summed E-state index contributed by atoms with van der Waals surface area (Å²) in [7, 11) is 0. The molecule has 8 heteroatoms. The van der Waals surface area contributed by atoms with Crippen molar-refractivity contribution in [2.45, 2.75) is 45.6 Å². The minimum atomic E-state index is -0.956. The van der Waals surface area contributed by atoms with Gasteiger partial charge in [-0.05, 0) is 25.2 Å². The fraction of sp³-hybridized carbons (Fsp3) is 0.692. The highest BCUT2D eigenvalue weighted by Crippen LogP contribution is 2.21. The summed E-state index contributed by atoms with van der Waals surface area (Å²) in [5.74, 6) is -0.484. The molecule has 1 aliphatic heterocycles. The lowest BCUT2D eigenvalue weighted by molar-refractivity contribution is -0.143. The van der Waals surface area contributed by atoms with Crippen molar-refractivity contribution in [1.82, 2.24) is 15.1 Å². The van der Waals surface area contributed by atoms with E-state index >= 15 is 0 Å². The van der Waals surface area contributed by atoms with Gasteiger partial charge in [0.1, 0.15) is 11.0 Å². The zero-order valence-corrected chi connectivity index (χ0v) is 13.0. The summed E-state index contributed by atoms with van der Waals surface area (Å²) in [6, 6.07) is -1.16. The number of carbonyl (C=O) groups is 2. The molecule has 1 atom stereocenters. The summed E-state index contributed by atoms with van der Waals surface area (Å²) >= 11 is 1.33. The Morgan fingerprint density at radius 2 is 2.19 bits per heavy atom. The number of hydrogen-bond acceptors (Lipinski definition) is 5. The molecule has 0 spiro atoms. The number of hydrogen-bond donors (Lipinski definition) is 2. The van der Waals surface area contributed by atoms with E-state index in [4.69, 9.17) is 0 Å². The number of aliphatic carboxylic acids is 1. The zero-order valence-electron chi connectivity index (χ0n) is 12.2. The first-order valence-electron chi connectivity index (χ1n) is 7.10. The van der Waals surface area contributed by atoms with Crippen LogP contribution in [0.25, 0.3) is 0 Å². The molecular formula is C13H20N4O3S. The topological polar surface area (TPSA) is 95.4 Å². The molecule has 1 aromatic rings. The van der Waals surface area contributed by atoms with Crippen LogP contribution in [0, 0.1) is 5.92 Å². The monoisotopic (exact) mass is 312 g/mol. The summed E-state index contributed by atoms with van der Waals surface area (Å²) < 4.78 is 0. The van der Waals surface area contributed by atoms with Gasteiger partial charge in [0.25, 0.3) is 0 Å². The molecule has 0 saturated carbocycles. The number of urea groups is 1. The molecule has 0 bridgehead atoms. The molecule has 1 aliphatic rings. The van der Waals surface area contributed by atoms with Gasteiger partial charge in [0.2, 0.25) is 5.13 Å². The second kappa shape index (κ2) is 6.84. The molecule has 1 unspecified atom stereocenters. The molecule has 2 N–H and O–H groups in total. The number of anilines is 1. The van der Waals surface area contributed by atoms with Crippen molar-refractivity contribution >= 4 is 28.5 Å². The maximum Gasteiger partial charge on any atom is 0.326 e. The molecule has 116 valence electrons. The Bertz CT molecular complexity index is 517. The summed E-state index contributed by atoms with van der Waals surface area (Å²) in [5, 5.41) is 21.1. The predicted octanol–water partition coefficient (Wildman–Crippen LogP) is 2.21. The average molecular weight is 312 g/mol. The maximum absolute atomic E-state index is 12.2. The van der Waals surface area contributed by atoms with Gasteiger partial charge in [-0.15, -0.1) is 10.2 Å². The number of carboxylic acid groups (broad SMARTS) is 1. The van der Waals surface area contributed by atoms with E-state index in [1.807, 2.05) is 0 Å². The van der Waals surface area contributed by atoms with Crippen LogP contribution in [0.5, 0.6) is 0 Å². The fourth-order valence-electron chi connectivity index (χ4n) is 2.33. The van der Waals surface area contributed by atoms with E-state index in [9.17, 15) is 14.7 Å². The molecule has 2 heterocycles. The van der Waals surface area contributed by atoms with Gasteiger partial charge in [-0.2, -0.15) is 0 Å². The fourth-order valence-corrected chi connectivity index (χ4v) is 3.27. The van der Waals surface area contributed by atoms with Crippen molar-refractivity contribution < 1.29 is 14.7 Å². The highest BCUT2D eigenvalue weighted by Gasteiger charge is 2.32. The molecule has 1 aromatic heterocycles. The largest absolute Gasteiger partial charge is 0.480 e. The number of piperidine rings is 1. The molecule has 7 nitrogen and oxygen atoms in total. The van der Waals surface area contributed by atoms with Gasteiger partial charge in [0.15, 0.2) is 0 Å². The van der Waals surface area contributed by atoms with Gasteiger partial charge in [-0.1, -0.05) is 25.2 Å². The summed E-state index contributed by atoms with van der Waals surface area (Å²) in [5.41, 5.74) is 0. The van der Waals surface area contributed by atoms with Crippen molar-refractivity contribution in [1.29, 1.82) is 0 Å². The maximum atomic E-state index is 12.2. The van der Waals surface area contributed by atoms with Crippen LogP contribution in [0.1, 0.15) is 38.1 Å². The Morgan fingerprint density at radius 3 is 2.86 bits per heavy atom. The van der Waals surface area contributed by atoms with Crippen LogP contribution in [-0.4, -0.2) is 44.8 Å². The number of nitrogens with one attached hydrogen (secondary N) is 1. The van der Waals surface area contributed by atoms with Gasteiger partial charge in [0.05, 0.1) is 0 Å². The van der Waals surface area contributed by atoms with Gasteiger partial charge in [-0.25, -0.2) is 9.59 Å². The second-order valence-electron chi connectivity index (χ2n) is 5.57. The first kappa shape index (κ1) is 15.7. The lowest BCUT2D eigenvalue weighted by atomic mass is 10.0. The van der Waals surface area contributed by atoms with Crippen LogP contribution in [0.3, 0.4) is 0 Å². The molecular weight excluding hydrogens is 292 g/mol. The van der Waals surface area contributed by atoms with Gasteiger partial charge in [-0.3, -0.25) is 5.32 Å². The Hall–Kier alpha value is -1.70. The second-order valence-corrected chi connectivity index (χ2v) is 6.63. The van der Waals surface area contributed by atoms with Crippen LogP contribution in [0.15, 0.2) is 0 Å². The van der Waals surface area contributed by atoms with Crippen molar-refractivity contribution in [3.05, 3.63) is 5.01 Å². The third-order valence-corrected chi connectivity index (χ3v) is 4.17. The van der Waals surface area contributed by atoms with Crippen LogP contribution >= 0.6 is 11.3 Å². The normalized spacial score (nSPS) is 18.8. The van der Waals surface area contributed by atoms with E-state index < -0.39 is 18.0 Å². The van der Waals surface area contributed by atoms with Gasteiger partial charge < -0.3 is 10.0 Å². The number of amides is 2. The van der Waals surface area contributed by atoms with E-state index in [2.05, 4.69) is 29.4 Å². The first-order valence-corrected chi connectivity index (χ1v) is 7.92. The van der Waals surface area contributed by atoms with Crippen LogP contribution in [-0.2, 0) is 11.2 Å². The lowest BCUT2D eigenvalue weighted by Crippen LogP contribution is -2.49. The van der Waals surface area contributed by atoms with E-state index in [1.165, 1.54) is 16.2 Å². The summed E-state index contributed by atoms with van der Waals surface area (Å²) in [4.78, 5) is 24.8. The van der Waals surface area contributed by atoms with Crippen LogP contribution in [0.4, 0.5) is 9.93 Å².